The number of hydrogen-bond donors (Lipinski definition) is 1. The predicted molar refractivity (Wildman–Crippen MR) is 93.4 cm³/mol. The number of aromatic nitrogens is 2. The van der Waals surface area contributed by atoms with E-state index in [2.05, 4.69) is 15.5 Å². The van der Waals surface area contributed by atoms with E-state index in [0.29, 0.717) is 17.3 Å². The molecular formula is C19H19N3O3. The van der Waals surface area contributed by atoms with Gasteiger partial charge in [0.1, 0.15) is 5.75 Å². The molecule has 1 amide bonds. The van der Waals surface area contributed by atoms with Crippen LogP contribution in [0.25, 0.3) is 11.4 Å². The van der Waals surface area contributed by atoms with Crippen molar-refractivity contribution in [3.63, 3.8) is 0 Å². The Morgan fingerprint density at radius 1 is 1.16 bits per heavy atom. The highest BCUT2D eigenvalue weighted by Gasteiger charge is 2.12. The van der Waals surface area contributed by atoms with E-state index in [1.54, 1.807) is 7.11 Å². The Kier molecular flexibility index (Phi) is 4.79. The summed E-state index contributed by atoms with van der Waals surface area (Å²) in [5.41, 5.74) is 3.51. The Balaban J connectivity index is 1.66. The van der Waals surface area contributed by atoms with E-state index in [9.17, 15) is 4.79 Å². The molecule has 0 saturated heterocycles. The third-order valence-electron chi connectivity index (χ3n) is 3.84. The normalized spacial score (nSPS) is 10.5. The zero-order chi connectivity index (χ0) is 17.8. The SMILES string of the molecule is COc1ccc(-c2noc(CNC(=O)c3ccc(C)cc3C)n2)cc1. The summed E-state index contributed by atoms with van der Waals surface area (Å²) >= 11 is 0. The average Bonchev–Trinajstić information content (AvgIpc) is 3.09. The minimum Gasteiger partial charge on any atom is -0.497 e. The quantitative estimate of drug-likeness (QED) is 0.773. The van der Waals surface area contributed by atoms with Crippen LogP contribution < -0.4 is 10.1 Å². The second-order valence-electron chi connectivity index (χ2n) is 5.74. The molecule has 6 nitrogen and oxygen atoms in total. The van der Waals surface area contributed by atoms with Crippen LogP contribution in [0.4, 0.5) is 0 Å². The highest BCUT2D eigenvalue weighted by atomic mass is 16.5. The molecule has 0 radical (unpaired) electrons. The van der Waals surface area contributed by atoms with Gasteiger partial charge >= 0.3 is 0 Å². The summed E-state index contributed by atoms with van der Waals surface area (Å²) < 4.78 is 10.3. The van der Waals surface area contributed by atoms with E-state index in [-0.39, 0.29) is 12.5 Å². The van der Waals surface area contributed by atoms with E-state index in [0.717, 1.165) is 22.4 Å². The molecule has 1 heterocycles. The first kappa shape index (κ1) is 16.7. The average molecular weight is 337 g/mol. The lowest BCUT2D eigenvalue weighted by atomic mass is 10.1. The number of carbonyl (C=O) groups excluding carboxylic acids is 1. The smallest absolute Gasteiger partial charge is 0.251 e. The number of ether oxygens (including phenoxy) is 1. The van der Waals surface area contributed by atoms with Gasteiger partial charge < -0.3 is 14.6 Å². The fraction of sp³-hybridized carbons (Fsp3) is 0.211. The maximum absolute atomic E-state index is 12.3. The molecule has 2 aromatic carbocycles. The lowest BCUT2D eigenvalue weighted by Gasteiger charge is -2.06. The van der Waals surface area contributed by atoms with E-state index >= 15 is 0 Å². The Hall–Kier alpha value is -3.15. The van der Waals surface area contributed by atoms with Crippen LogP contribution >= 0.6 is 0 Å². The molecule has 0 spiro atoms. The monoisotopic (exact) mass is 337 g/mol. The lowest BCUT2D eigenvalue weighted by molar-refractivity contribution is 0.0945. The number of carbonyl (C=O) groups is 1. The van der Waals surface area contributed by atoms with Gasteiger partial charge in [-0.1, -0.05) is 22.9 Å². The van der Waals surface area contributed by atoms with Crippen LogP contribution in [0, 0.1) is 13.8 Å². The van der Waals surface area contributed by atoms with Crippen molar-refractivity contribution in [3.8, 4) is 17.1 Å². The molecule has 6 heteroatoms. The molecule has 0 aliphatic heterocycles. The van der Waals surface area contributed by atoms with Crippen molar-refractivity contribution in [1.82, 2.24) is 15.5 Å². The molecule has 0 saturated carbocycles. The fourth-order valence-electron chi connectivity index (χ4n) is 2.50. The van der Waals surface area contributed by atoms with E-state index in [4.69, 9.17) is 9.26 Å². The Morgan fingerprint density at radius 2 is 1.92 bits per heavy atom. The number of benzene rings is 2. The van der Waals surface area contributed by atoms with Gasteiger partial charge in [-0.2, -0.15) is 4.98 Å². The van der Waals surface area contributed by atoms with Crippen molar-refractivity contribution in [2.45, 2.75) is 20.4 Å². The first-order valence-corrected chi connectivity index (χ1v) is 7.89. The van der Waals surface area contributed by atoms with Gasteiger partial charge in [0.05, 0.1) is 13.7 Å². The summed E-state index contributed by atoms with van der Waals surface area (Å²) in [4.78, 5) is 16.6. The molecule has 0 aliphatic carbocycles. The standard InChI is InChI=1S/C19H19N3O3/c1-12-4-9-16(13(2)10-12)19(23)20-11-17-21-18(22-25-17)14-5-7-15(24-3)8-6-14/h4-10H,11H2,1-3H3,(H,20,23). The summed E-state index contributed by atoms with van der Waals surface area (Å²) in [5, 5.41) is 6.75. The van der Waals surface area contributed by atoms with Crippen molar-refractivity contribution >= 4 is 5.91 Å². The number of aryl methyl sites for hydroxylation is 2. The summed E-state index contributed by atoms with van der Waals surface area (Å²) in [6.07, 6.45) is 0. The van der Waals surface area contributed by atoms with Crippen LogP contribution in [-0.2, 0) is 6.54 Å². The second-order valence-corrected chi connectivity index (χ2v) is 5.74. The van der Waals surface area contributed by atoms with Gasteiger partial charge in [-0.25, -0.2) is 0 Å². The van der Waals surface area contributed by atoms with Crippen LogP contribution in [-0.4, -0.2) is 23.2 Å². The number of hydrogen-bond acceptors (Lipinski definition) is 5. The van der Waals surface area contributed by atoms with Crippen LogP contribution in [0.2, 0.25) is 0 Å². The molecule has 3 rings (SSSR count). The van der Waals surface area contributed by atoms with Gasteiger partial charge in [0.15, 0.2) is 0 Å². The number of nitrogens with one attached hydrogen (secondary N) is 1. The molecule has 1 aromatic heterocycles. The van der Waals surface area contributed by atoms with Crippen molar-refractivity contribution in [3.05, 3.63) is 65.0 Å². The lowest BCUT2D eigenvalue weighted by Crippen LogP contribution is -2.23. The van der Waals surface area contributed by atoms with Gasteiger partial charge in [-0.3, -0.25) is 4.79 Å². The van der Waals surface area contributed by atoms with Crippen molar-refractivity contribution in [1.29, 1.82) is 0 Å². The molecular weight excluding hydrogens is 318 g/mol. The molecule has 128 valence electrons. The number of nitrogens with zero attached hydrogens (tertiary/aromatic N) is 2. The minimum absolute atomic E-state index is 0.165. The molecule has 1 N–H and O–H groups in total. The summed E-state index contributed by atoms with van der Waals surface area (Å²) in [7, 11) is 1.61. The van der Waals surface area contributed by atoms with Gasteiger partial charge in [-0.05, 0) is 49.7 Å². The van der Waals surface area contributed by atoms with Gasteiger partial charge in [0.25, 0.3) is 5.91 Å². The largest absolute Gasteiger partial charge is 0.497 e. The van der Waals surface area contributed by atoms with Gasteiger partial charge in [-0.15, -0.1) is 0 Å². The first-order valence-electron chi connectivity index (χ1n) is 7.89. The van der Waals surface area contributed by atoms with Crippen LogP contribution in [0.1, 0.15) is 27.4 Å². The third kappa shape index (κ3) is 3.85. The Morgan fingerprint density at radius 3 is 2.60 bits per heavy atom. The molecule has 0 atom stereocenters. The van der Waals surface area contributed by atoms with E-state index < -0.39 is 0 Å². The van der Waals surface area contributed by atoms with Crippen LogP contribution in [0.15, 0.2) is 47.0 Å². The van der Waals surface area contributed by atoms with Crippen LogP contribution in [0.3, 0.4) is 0 Å². The highest BCUT2D eigenvalue weighted by Crippen LogP contribution is 2.19. The maximum atomic E-state index is 12.3. The van der Waals surface area contributed by atoms with Gasteiger partial charge in [0, 0.05) is 11.1 Å². The van der Waals surface area contributed by atoms with E-state index in [1.807, 2.05) is 56.3 Å². The third-order valence-corrected chi connectivity index (χ3v) is 3.84. The molecule has 0 unspecified atom stereocenters. The molecule has 25 heavy (non-hydrogen) atoms. The van der Waals surface area contributed by atoms with Gasteiger partial charge in [0.2, 0.25) is 11.7 Å². The number of amides is 1. The fourth-order valence-corrected chi connectivity index (χ4v) is 2.50. The molecule has 0 bridgehead atoms. The van der Waals surface area contributed by atoms with Crippen molar-refractivity contribution in [2.75, 3.05) is 7.11 Å². The molecule has 0 fully saturated rings. The predicted octanol–water partition coefficient (Wildman–Crippen LogP) is 3.29. The van der Waals surface area contributed by atoms with Crippen LogP contribution in [0.5, 0.6) is 5.75 Å². The number of rotatable bonds is 5. The van der Waals surface area contributed by atoms with E-state index in [1.165, 1.54) is 0 Å². The number of methoxy groups -OCH3 is 1. The summed E-state index contributed by atoms with van der Waals surface area (Å²) in [6, 6.07) is 13.1. The first-order chi connectivity index (χ1) is 12.1. The zero-order valence-corrected chi connectivity index (χ0v) is 14.4. The minimum atomic E-state index is -0.165. The zero-order valence-electron chi connectivity index (χ0n) is 14.4. The molecule has 3 aromatic rings. The molecule has 0 aliphatic rings. The topological polar surface area (TPSA) is 77.3 Å². The summed E-state index contributed by atoms with van der Waals surface area (Å²) in [5.74, 6) is 1.41. The Labute approximate surface area is 145 Å². The second kappa shape index (κ2) is 7.17. The van der Waals surface area contributed by atoms with Crippen molar-refractivity contribution < 1.29 is 14.1 Å². The summed E-state index contributed by atoms with van der Waals surface area (Å²) in [6.45, 7) is 4.08. The maximum Gasteiger partial charge on any atom is 0.251 e. The Bertz CT molecular complexity index is 885. The van der Waals surface area contributed by atoms with Crippen molar-refractivity contribution in [2.24, 2.45) is 0 Å². The highest BCUT2D eigenvalue weighted by molar-refractivity contribution is 5.95.